The predicted octanol–water partition coefficient (Wildman–Crippen LogP) is 4.15. The van der Waals surface area contributed by atoms with Crippen molar-refractivity contribution in [3.63, 3.8) is 0 Å². The quantitative estimate of drug-likeness (QED) is 0.294. The number of carbonyl (C=O) groups excluding carboxylic acids is 1. The van der Waals surface area contributed by atoms with Crippen molar-refractivity contribution in [2.45, 2.75) is 11.6 Å². The summed E-state index contributed by atoms with van der Waals surface area (Å²) in [6.45, 7) is 0.862. The van der Waals surface area contributed by atoms with E-state index in [0.29, 0.717) is 24.7 Å². The van der Waals surface area contributed by atoms with Crippen LogP contribution in [0.25, 0.3) is 5.69 Å². The first-order valence-electron chi connectivity index (χ1n) is 10.4. The summed E-state index contributed by atoms with van der Waals surface area (Å²) >= 11 is 1.37. The van der Waals surface area contributed by atoms with Gasteiger partial charge in [0.2, 0.25) is 5.91 Å². The van der Waals surface area contributed by atoms with Crippen molar-refractivity contribution < 1.29 is 9.53 Å². The molecular formula is C25H24N4O2S. The molecular weight excluding hydrogens is 420 g/mol. The van der Waals surface area contributed by atoms with E-state index in [2.05, 4.69) is 27.6 Å². The van der Waals surface area contributed by atoms with Crippen molar-refractivity contribution in [3.8, 4) is 11.4 Å². The smallest absolute Gasteiger partial charge is 0.230 e. The molecule has 162 valence electrons. The molecule has 4 aromatic rings. The van der Waals surface area contributed by atoms with Gasteiger partial charge >= 0.3 is 0 Å². The standard InChI is InChI=1S/C25H24N4O2S/c30-24(26-16-17-31-22-14-8-3-9-15-22)19-32-25-28-27-23(18-20-10-4-1-5-11-20)29(25)21-12-6-2-7-13-21/h1-15H,16-19H2,(H,26,30). The number of aromatic nitrogens is 3. The Morgan fingerprint density at radius 2 is 1.53 bits per heavy atom. The zero-order valence-electron chi connectivity index (χ0n) is 17.6. The zero-order chi connectivity index (χ0) is 22.0. The number of thioether (sulfide) groups is 1. The Morgan fingerprint density at radius 3 is 2.25 bits per heavy atom. The van der Waals surface area contributed by atoms with Gasteiger partial charge in [0.05, 0.1) is 12.3 Å². The summed E-state index contributed by atoms with van der Waals surface area (Å²) in [6, 6.07) is 29.7. The number of para-hydroxylation sites is 2. The number of hydrogen-bond acceptors (Lipinski definition) is 5. The molecule has 1 heterocycles. The van der Waals surface area contributed by atoms with Crippen molar-refractivity contribution in [1.82, 2.24) is 20.1 Å². The normalized spacial score (nSPS) is 10.6. The molecule has 0 spiro atoms. The van der Waals surface area contributed by atoms with Gasteiger partial charge in [0.1, 0.15) is 18.2 Å². The molecule has 1 amide bonds. The van der Waals surface area contributed by atoms with Crippen molar-refractivity contribution in [1.29, 1.82) is 0 Å². The second-order valence-electron chi connectivity index (χ2n) is 7.03. The second kappa shape index (κ2) is 11.2. The molecule has 0 unspecified atom stereocenters. The average Bonchev–Trinajstić information content (AvgIpc) is 3.24. The third-order valence-electron chi connectivity index (χ3n) is 4.69. The highest BCUT2D eigenvalue weighted by atomic mass is 32.2. The van der Waals surface area contributed by atoms with Crippen LogP contribution in [0.5, 0.6) is 5.75 Å². The van der Waals surface area contributed by atoms with Gasteiger partial charge in [-0.15, -0.1) is 10.2 Å². The number of nitrogens with zero attached hydrogens (tertiary/aromatic N) is 3. The van der Waals surface area contributed by atoms with E-state index in [1.165, 1.54) is 11.8 Å². The van der Waals surface area contributed by atoms with Crippen LogP contribution in [0.15, 0.2) is 96.2 Å². The van der Waals surface area contributed by atoms with Gasteiger partial charge in [0.25, 0.3) is 0 Å². The Hall–Kier alpha value is -3.58. The molecule has 32 heavy (non-hydrogen) atoms. The molecule has 3 aromatic carbocycles. The maximum atomic E-state index is 12.3. The van der Waals surface area contributed by atoms with E-state index in [9.17, 15) is 4.79 Å². The van der Waals surface area contributed by atoms with Crippen LogP contribution in [0, 0.1) is 0 Å². The number of nitrogens with one attached hydrogen (secondary N) is 1. The van der Waals surface area contributed by atoms with Gasteiger partial charge in [-0.2, -0.15) is 0 Å². The van der Waals surface area contributed by atoms with Crippen molar-refractivity contribution >= 4 is 17.7 Å². The maximum Gasteiger partial charge on any atom is 0.230 e. The molecule has 1 N–H and O–H groups in total. The van der Waals surface area contributed by atoms with Gasteiger partial charge in [-0.05, 0) is 29.8 Å². The first-order valence-corrected chi connectivity index (χ1v) is 11.4. The number of ether oxygens (including phenoxy) is 1. The molecule has 0 aliphatic heterocycles. The summed E-state index contributed by atoms with van der Waals surface area (Å²) in [5.74, 6) is 1.81. The van der Waals surface area contributed by atoms with E-state index < -0.39 is 0 Å². The monoisotopic (exact) mass is 444 g/mol. The molecule has 1 aromatic heterocycles. The summed E-state index contributed by atoms with van der Waals surface area (Å²) < 4.78 is 7.63. The first kappa shape index (κ1) is 21.6. The van der Waals surface area contributed by atoms with Crippen LogP contribution in [0.3, 0.4) is 0 Å². The number of carbonyl (C=O) groups is 1. The molecule has 6 nitrogen and oxygen atoms in total. The first-order chi connectivity index (χ1) is 15.8. The van der Waals surface area contributed by atoms with E-state index in [1.807, 2.05) is 83.4 Å². The molecule has 0 fully saturated rings. The van der Waals surface area contributed by atoms with E-state index in [0.717, 1.165) is 22.8 Å². The number of hydrogen-bond donors (Lipinski definition) is 1. The largest absolute Gasteiger partial charge is 0.492 e. The Morgan fingerprint density at radius 1 is 0.875 bits per heavy atom. The minimum absolute atomic E-state index is 0.0705. The van der Waals surface area contributed by atoms with E-state index in [1.54, 1.807) is 0 Å². The summed E-state index contributed by atoms with van der Waals surface area (Å²) in [5, 5.41) is 12.4. The van der Waals surface area contributed by atoms with Crippen LogP contribution in [-0.4, -0.2) is 39.6 Å². The maximum absolute atomic E-state index is 12.3. The van der Waals surface area contributed by atoms with E-state index in [4.69, 9.17) is 4.74 Å². The number of rotatable bonds is 10. The van der Waals surface area contributed by atoms with Gasteiger partial charge in [0.15, 0.2) is 5.16 Å². The van der Waals surface area contributed by atoms with Gasteiger partial charge < -0.3 is 10.1 Å². The SMILES string of the molecule is O=C(CSc1nnc(Cc2ccccc2)n1-c1ccccc1)NCCOc1ccccc1. The third-order valence-corrected chi connectivity index (χ3v) is 5.62. The summed E-state index contributed by atoms with van der Waals surface area (Å²) in [6.07, 6.45) is 0.659. The highest BCUT2D eigenvalue weighted by molar-refractivity contribution is 7.99. The van der Waals surface area contributed by atoms with Crippen LogP contribution >= 0.6 is 11.8 Å². The van der Waals surface area contributed by atoms with Gasteiger partial charge in [-0.1, -0.05) is 78.5 Å². The Balaban J connectivity index is 1.37. The van der Waals surface area contributed by atoms with Gasteiger partial charge in [0, 0.05) is 12.1 Å². The van der Waals surface area contributed by atoms with Crippen molar-refractivity contribution in [3.05, 3.63) is 102 Å². The molecule has 0 aliphatic carbocycles. The molecule has 0 aliphatic rings. The van der Waals surface area contributed by atoms with Crippen LogP contribution in [0.2, 0.25) is 0 Å². The average molecular weight is 445 g/mol. The number of benzene rings is 3. The minimum atomic E-state index is -0.0705. The van der Waals surface area contributed by atoms with Crippen LogP contribution in [-0.2, 0) is 11.2 Å². The Kier molecular flexibility index (Phi) is 7.55. The van der Waals surface area contributed by atoms with Crippen LogP contribution in [0.4, 0.5) is 0 Å². The second-order valence-corrected chi connectivity index (χ2v) is 7.97. The fourth-order valence-corrected chi connectivity index (χ4v) is 3.98. The van der Waals surface area contributed by atoms with Gasteiger partial charge in [-0.25, -0.2) is 0 Å². The van der Waals surface area contributed by atoms with Crippen LogP contribution < -0.4 is 10.1 Å². The molecule has 0 saturated carbocycles. The lowest BCUT2D eigenvalue weighted by atomic mass is 10.1. The molecule has 0 atom stereocenters. The van der Waals surface area contributed by atoms with Crippen LogP contribution in [0.1, 0.15) is 11.4 Å². The van der Waals surface area contributed by atoms with Crippen molar-refractivity contribution in [2.75, 3.05) is 18.9 Å². The molecule has 7 heteroatoms. The Labute approximate surface area is 191 Å². The fourth-order valence-electron chi connectivity index (χ4n) is 3.18. The topological polar surface area (TPSA) is 69.0 Å². The lowest BCUT2D eigenvalue weighted by Gasteiger charge is -2.11. The van der Waals surface area contributed by atoms with E-state index in [-0.39, 0.29) is 11.7 Å². The lowest BCUT2D eigenvalue weighted by Crippen LogP contribution is -2.29. The van der Waals surface area contributed by atoms with Gasteiger partial charge in [-0.3, -0.25) is 9.36 Å². The van der Waals surface area contributed by atoms with Crippen molar-refractivity contribution in [2.24, 2.45) is 0 Å². The summed E-state index contributed by atoms with van der Waals surface area (Å²) in [4.78, 5) is 12.3. The molecule has 0 radical (unpaired) electrons. The highest BCUT2D eigenvalue weighted by Crippen LogP contribution is 2.23. The molecule has 0 bridgehead atoms. The number of amides is 1. The van der Waals surface area contributed by atoms with E-state index >= 15 is 0 Å². The predicted molar refractivity (Wildman–Crippen MR) is 126 cm³/mol. The molecule has 4 rings (SSSR count). The zero-order valence-corrected chi connectivity index (χ0v) is 18.4. The minimum Gasteiger partial charge on any atom is -0.492 e. The Bertz CT molecular complexity index is 1120. The highest BCUT2D eigenvalue weighted by Gasteiger charge is 2.16. The summed E-state index contributed by atoms with van der Waals surface area (Å²) in [5.41, 5.74) is 2.13. The third kappa shape index (κ3) is 5.98. The lowest BCUT2D eigenvalue weighted by molar-refractivity contribution is -0.118. The fraction of sp³-hybridized carbons (Fsp3) is 0.160. The summed E-state index contributed by atoms with van der Waals surface area (Å²) in [7, 11) is 0. The molecule has 0 saturated heterocycles.